The Morgan fingerprint density at radius 2 is 1.69 bits per heavy atom. The number of hydrogen-bond donors (Lipinski definition) is 2. The van der Waals surface area contributed by atoms with Gasteiger partial charge >= 0.3 is 6.03 Å². The van der Waals surface area contributed by atoms with Crippen LogP contribution in [-0.4, -0.2) is 36.1 Å². The Bertz CT molecular complexity index is 1290. The maximum atomic E-state index is 13.2. The first-order valence-corrected chi connectivity index (χ1v) is 11.3. The minimum atomic E-state index is -1.31. The summed E-state index contributed by atoms with van der Waals surface area (Å²) < 4.78 is 10.7. The summed E-state index contributed by atoms with van der Waals surface area (Å²) in [5, 5.41) is 5.59. The third-order valence-corrected chi connectivity index (χ3v) is 6.42. The normalized spacial score (nSPS) is 19.4. The van der Waals surface area contributed by atoms with E-state index in [2.05, 4.69) is 10.6 Å². The zero-order valence-electron chi connectivity index (χ0n) is 19.4. The Hall–Kier alpha value is -4.33. The molecular formula is C27H25N3O5. The number of fused-ring (bicyclic) bond motifs is 1. The molecule has 0 bridgehead atoms. The molecule has 2 atom stereocenters. The Morgan fingerprint density at radius 1 is 1.00 bits per heavy atom. The number of carbonyl (C=O) groups excluding carboxylic acids is 3. The largest absolute Gasteiger partial charge is 0.454 e. The van der Waals surface area contributed by atoms with Crippen LogP contribution in [0.25, 0.3) is 11.1 Å². The van der Waals surface area contributed by atoms with Gasteiger partial charge in [0.2, 0.25) is 12.7 Å². The van der Waals surface area contributed by atoms with Gasteiger partial charge in [0.05, 0.1) is 6.04 Å². The van der Waals surface area contributed by atoms with Gasteiger partial charge in [-0.1, -0.05) is 60.7 Å². The van der Waals surface area contributed by atoms with Crippen LogP contribution in [-0.2, 0) is 15.1 Å². The molecule has 1 saturated heterocycles. The molecule has 35 heavy (non-hydrogen) atoms. The monoisotopic (exact) mass is 471 g/mol. The van der Waals surface area contributed by atoms with Gasteiger partial charge in [-0.3, -0.25) is 14.5 Å². The Labute approximate surface area is 202 Å². The highest BCUT2D eigenvalue weighted by Crippen LogP contribution is 2.37. The molecule has 0 spiro atoms. The number of ether oxygens (including phenoxy) is 2. The summed E-state index contributed by atoms with van der Waals surface area (Å²) in [5.74, 6) is 0.157. The van der Waals surface area contributed by atoms with Gasteiger partial charge in [0.1, 0.15) is 12.1 Å². The third kappa shape index (κ3) is 4.19. The van der Waals surface area contributed by atoms with Gasteiger partial charge in [-0.25, -0.2) is 4.79 Å². The van der Waals surface area contributed by atoms with Crippen LogP contribution in [0.5, 0.6) is 11.5 Å². The van der Waals surface area contributed by atoms with E-state index in [1.165, 1.54) is 0 Å². The number of urea groups is 1. The maximum absolute atomic E-state index is 13.2. The van der Waals surface area contributed by atoms with Crippen LogP contribution in [0.4, 0.5) is 4.79 Å². The smallest absolute Gasteiger partial charge is 0.325 e. The van der Waals surface area contributed by atoms with Crippen molar-refractivity contribution in [1.29, 1.82) is 0 Å². The van der Waals surface area contributed by atoms with Crippen LogP contribution in [0.3, 0.4) is 0 Å². The molecule has 2 heterocycles. The highest BCUT2D eigenvalue weighted by atomic mass is 16.7. The van der Waals surface area contributed by atoms with Crippen molar-refractivity contribution in [3.63, 3.8) is 0 Å². The maximum Gasteiger partial charge on any atom is 0.325 e. The Balaban J connectivity index is 1.24. The first-order valence-electron chi connectivity index (χ1n) is 11.3. The lowest BCUT2D eigenvalue weighted by Gasteiger charge is -2.22. The molecule has 5 rings (SSSR count). The van der Waals surface area contributed by atoms with Crippen LogP contribution in [0.15, 0.2) is 72.8 Å². The number of nitrogens with one attached hydrogen (secondary N) is 2. The quantitative estimate of drug-likeness (QED) is 0.534. The minimum absolute atomic E-state index is 0.106. The molecule has 1 fully saturated rings. The van der Waals surface area contributed by atoms with Crippen LogP contribution in [0, 0.1) is 0 Å². The molecule has 2 aliphatic heterocycles. The summed E-state index contributed by atoms with van der Waals surface area (Å²) in [5.41, 5.74) is 2.35. The molecule has 2 N–H and O–H groups in total. The molecule has 3 aromatic carbocycles. The molecule has 2 aliphatic rings. The summed E-state index contributed by atoms with van der Waals surface area (Å²) in [6, 6.07) is 22.1. The van der Waals surface area contributed by atoms with Gasteiger partial charge in [-0.2, -0.15) is 0 Å². The summed E-state index contributed by atoms with van der Waals surface area (Å²) in [6.45, 7) is 3.20. The van der Waals surface area contributed by atoms with Gasteiger partial charge < -0.3 is 20.1 Å². The Morgan fingerprint density at radius 3 is 2.43 bits per heavy atom. The van der Waals surface area contributed by atoms with Crippen molar-refractivity contribution in [3.8, 4) is 22.6 Å². The van der Waals surface area contributed by atoms with Gasteiger partial charge in [-0.15, -0.1) is 0 Å². The van der Waals surface area contributed by atoms with E-state index in [1.807, 2.05) is 61.5 Å². The van der Waals surface area contributed by atoms with Gasteiger partial charge in [0.15, 0.2) is 11.5 Å². The number of benzene rings is 3. The van der Waals surface area contributed by atoms with Crippen molar-refractivity contribution in [2.45, 2.75) is 25.4 Å². The number of rotatable bonds is 6. The van der Waals surface area contributed by atoms with Crippen LogP contribution >= 0.6 is 0 Å². The molecule has 8 heteroatoms. The van der Waals surface area contributed by atoms with Crippen molar-refractivity contribution in [3.05, 3.63) is 83.9 Å². The first-order chi connectivity index (χ1) is 16.8. The van der Waals surface area contributed by atoms with Gasteiger partial charge in [0, 0.05) is 0 Å². The molecule has 0 saturated carbocycles. The summed E-state index contributed by atoms with van der Waals surface area (Å²) in [6.07, 6.45) is 0. The van der Waals surface area contributed by atoms with E-state index in [9.17, 15) is 14.4 Å². The number of nitrogens with zero attached hydrogens (tertiary/aromatic N) is 1. The molecule has 8 nitrogen and oxygen atoms in total. The molecule has 178 valence electrons. The molecule has 0 unspecified atom stereocenters. The van der Waals surface area contributed by atoms with Crippen molar-refractivity contribution >= 4 is 17.8 Å². The summed E-state index contributed by atoms with van der Waals surface area (Å²) in [7, 11) is 0. The number of carbonyl (C=O) groups is 3. The lowest BCUT2D eigenvalue weighted by Crippen LogP contribution is -2.43. The number of amides is 4. The second kappa shape index (κ2) is 8.79. The Kier molecular flexibility index (Phi) is 5.64. The number of imide groups is 1. The van der Waals surface area contributed by atoms with Crippen LogP contribution in [0.1, 0.15) is 31.0 Å². The lowest BCUT2D eigenvalue weighted by atomic mass is 9.91. The second-order valence-electron chi connectivity index (χ2n) is 8.79. The topological polar surface area (TPSA) is 97.0 Å². The second-order valence-corrected chi connectivity index (χ2v) is 8.79. The van der Waals surface area contributed by atoms with E-state index in [0.717, 1.165) is 21.6 Å². The SMILES string of the molecule is C[C@H](NC(=O)CN1C(=O)N[C@](C)(c2ccc3c(c2)OCO3)C1=O)c1ccc(-c2ccccc2)cc1. The highest BCUT2D eigenvalue weighted by Gasteiger charge is 2.50. The van der Waals surface area contributed by atoms with E-state index in [1.54, 1.807) is 25.1 Å². The molecular weight excluding hydrogens is 446 g/mol. The predicted octanol–water partition coefficient (Wildman–Crippen LogP) is 3.73. The van der Waals surface area contributed by atoms with Crippen LogP contribution in [0.2, 0.25) is 0 Å². The van der Waals surface area contributed by atoms with E-state index in [0.29, 0.717) is 17.1 Å². The fraction of sp³-hybridized carbons (Fsp3) is 0.222. The molecule has 0 aromatic heterocycles. The average molecular weight is 472 g/mol. The van der Waals surface area contributed by atoms with Gasteiger partial charge in [0.25, 0.3) is 5.91 Å². The van der Waals surface area contributed by atoms with E-state index >= 15 is 0 Å². The van der Waals surface area contributed by atoms with Crippen molar-refractivity contribution in [2.24, 2.45) is 0 Å². The lowest BCUT2D eigenvalue weighted by molar-refractivity contribution is -0.135. The van der Waals surface area contributed by atoms with E-state index in [-0.39, 0.29) is 19.4 Å². The molecule has 0 radical (unpaired) electrons. The molecule has 0 aliphatic carbocycles. The first kappa shape index (κ1) is 22.5. The van der Waals surface area contributed by atoms with E-state index < -0.39 is 23.4 Å². The molecule has 4 amide bonds. The van der Waals surface area contributed by atoms with Crippen molar-refractivity contribution in [2.75, 3.05) is 13.3 Å². The fourth-order valence-electron chi connectivity index (χ4n) is 4.35. The van der Waals surface area contributed by atoms with Crippen molar-refractivity contribution in [1.82, 2.24) is 15.5 Å². The van der Waals surface area contributed by atoms with Crippen LogP contribution < -0.4 is 20.1 Å². The fourth-order valence-corrected chi connectivity index (χ4v) is 4.35. The molecule has 3 aromatic rings. The van der Waals surface area contributed by atoms with Gasteiger partial charge in [-0.05, 0) is 48.2 Å². The summed E-state index contributed by atoms with van der Waals surface area (Å²) >= 11 is 0. The minimum Gasteiger partial charge on any atom is -0.454 e. The van der Waals surface area contributed by atoms with Crippen molar-refractivity contribution < 1.29 is 23.9 Å². The number of hydrogen-bond acceptors (Lipinski definition) is 5. The highest BCUT2D eigenvalue weighted by molar-refractivity contribution is 6.09. The standard InChI is InChI=1S/C27H25N3O5/c1-17(18-8-10-20(11-9-18)19-6-4-3-5-7-19)28-24(31)15-30-25(32)27(2,29-26(30)33)21-12-13-22-23(14-21)35-16-34-22/h3-14,17H,15-16H2,1-2H3,(H,28,31)(H,29,33)/t17-,27+/m0/s1. The van der Waals surface area contributed by atoms with E-state index in [4.69, 9.17) is 9.47 Å². The summed E-state index contributed by atoms with van der Waals surface area (Å²) in [4.78, 5) is 39.5. The zero-order chi connectivity index (χ0) is 24.6. The average Bonchev–Trinajstić information content (AvgIpc) is 3.43. The predicted molar refractivity (Wildman–Crippen MR) is 129 cm³/mol. The zero-order valence-corrected chi connectivity index (χ0v) is 19.4. The third-order valence-electron chi connectivity index (χ3n) is 6.42.